The smallest absolute Gasteiger partial charge is 0.143 e. The summed E-state index contributed by atoms with van der Waals surface area (Å²) in [6.07, 6.45) is 0.922. The van der Waals surface area contributed by atoms with E-state index in [0.717, 1.165) is 6.42 Å². The quantitative estimate of drug-likeness (QED) is 0.781. The van der Waals surface area contributed by atoms with Gasteiger partial charge in [0.15, 0.2) is 0 Å². The van der Waals surface area contributed by atoms with Gasteiger partial charge in [0.25, 0.3) is 0 Å². The summed E-state index contributed by atoms with van der Waals surface area (Å²) in [6.45, 7) is 6.21. The molecule has 1 aromatic rings. The molecule has 3 heteroatoms. The molecule has 0 N–H and O–H groups in total. The average molecular weight is 220 g/mol. The van der Waals surface area contributed by atoms with Gasteiger partial charge in [0.2, 0.25) is 0 Å². The summed E-state index contributed by atoms with van der Waals surface area (Å²) in [5, 5.41) is 8.97. The number of nitriles is 1. The van der Waals surface area contributed by atoms with Crippen LogP contribution in [0.4, 0.5) is 10.1 Å². The molecule has 0 aliphatic heterocycles. The Balaban J connectivity index is 3.25. The van der Waals surface area contributed by atoms with E-state index in [9.17, 15) is 4.39 Å². The van der Waals surface area contributed by atoms with Gasteiger partial charge in [0.1, 0.15) is 17.4 Å². The Hall–Kier alpha value is -1.56. The largest absolute Gasteiger partial charge is 0.368 e. The van der Waals surface area contributed by atoms with Crippen molar-refractivity contribution in [3.63, 3.8) is 0 Å². The third-order valence-corrected chi connectivity index (χ3v) is 3.24. The lowest BCUT2D eigenvalue weighted by atomic mass is 9.98. The number of hydrogen-bond acceptors (Lipinski definition) is 2. The van der Waals surface area contributed by atoms with Crippen molar-refractivity contribution in [1.82, 2.24) is 0 Å². The number of halogens is 1. The lowest BCUT2D eigenvalue weighted by Gasteiger charge is -2.37. The molecule has 0 aromatic heterocycles. The standard InChI is InChI=1S/C13H17FN2/c1-5-13(2,3)16(4)12-8-6-7-11(14)10(12)9-15/h6-8H,5H2,1-4H3. The van der Waals surface area contributed by atoms with Gasteiger partial charge >= 0.3 is 0 Å². The molecule has 86 valence electrons. The summed E-state index contributed by atoms with van der Waals surface area (Å²) >= 11 is 0. The van der Waals surface area contributed by atoms with Gasteiger partial charge in [0.05, 0.1) is 5.69 Å². The van der Waals surface area contributed by atoms with Crippen molar-refractivity contribution in [2.45, 2.75) is 32.7 Å². The van der Waals surface area contributed by atoms with Crippen molar-refractivity contribution >= 4 is 5.69 Å². The summed E-state index contributed by atoms with van der Waals surface area (Å²) in [4.78, 5) is 1.95. The first-order chi connectivity index (χ1) is 7.44. The SMILES string of the molecule is CCC(C)(C)N(C)c1cccc(F)c1C#N. The molecule has 0 aliphatic rings. The zero-order valence-electron chi connectivity index (χ0n) is 10.2. The molecule has 2 nitrogen and oxygen atoms in total. The predicted octanol–water partition coefficient (Wildman–Crippen LogP) is 3.32. The van der Waals surface area contributed by atoms with E-state index in [1.165, 1.54) is 6.07 Å². The summed E-state index contributed by atoms with van der Waals surface area (Å²) in [7, 11) is 1.89. The summed E-state index contributed by atoms with van der Waals surface area (Å²) in [6, 6.07) is 6.65. The molecule has 0 radical (unpaired) electrons. The minimum Gasteiger partial charge on any atom is -0.368 e. The fraction of sp³-hybridized carbons (Fsp3) is 0.462. The zero-order valence-corrected chi connectivity index (χ0v) is 10.2. The monoisotopic (exact) mass is 220 g/mol. The lowest BCUT2D eigenvalue weighted by molar-refractivity contribution is 0.469. The highest BCUT2D eigenvalue weighted by molar-refractivity contribution is 5.60. The Bertz CT molecular complexity index is 418. The van der Waals surface area contributed by atoms with Crippen LogP contribution in [-0.2, 0) is 0 Å². The minimum absolute atomic E-state index is 0.0978. The molecule has 0 unspecified atom stereocenters. The fourth-order valence-corrected chi connectivity index (χ4v) is 1.47. The Morgan fingerprint density at radius 2 is 2.06 bits per heavy atom. The molecule has 0 spiro atoms. The third kappa shape index (κ3) is 2.16. The van der Waals surface area contributed by atoms with Crippen molar-refractivity contribution < 1.29 is 4.39 Å². The van der Waals surface area contributed by atoms with Crippen LogP contribution < -0.4 is 4.90 Å². The first-order valence-corrected chi connectivity index (χ1v) is 5.36. The first-order valence-electron chi connectivity index (χ1n) is 5.36. The summed E-state index contributed by atoms with van der Waals surface area (Å²) in [5.74, 6) is -0.459. The molecule has 0 saturated heterocycles. The van der Waals surface area contributed by atoms with Crippen LogP contribution in [0.5, 0.6) is 0 Å². The van der Waals surface area contributed by atoms with Gasteiger partial charge in [-0.3, -0.25) is 0 Å². The molecule has 1 aromatic carbocycles. The zero-order chi connectivity index (χ0) is 12.3. The van der Waals surface area contributed by atoms with Crippen LogP contribution in [0.15, 0.2) is 18.2 Å². The highest BCUT2D eigenvalue weighted by Gasteiger charge is 2.24. The number of anilines is 1. The molecule has 0 bridgehead atoms. The maximum atomic E-state index is 13.5. The number of rotatable bonds is 3. The maximum absolute atomic E-state index is 13.5. The predicted molar refractivity (Wildman–Crippen MR) is 63.9 cm³/mol. The van der Waals surface area contributed by atoms with Crippen molar-refractivity contribution in [1.29, 1.82) is 5.26 Å². The van der Waals surface area contributed by atoms with E-state index in [1.54, 1.807) is 12.1 Å². The van der Waals surface area contributed by atoms with E-state index in [0.29, 0.717) is 5.69 Å². The molecule has 0 atom stereocenters. The van der Waals surface area contributed by atoms with Gasteiger partial charge in [-0.25, -0.2) is 4.39 Å². The van der Waals surface area contributed by atoms with Crippen molar-refractivity contribution in [3.8, 4) is 6.07 Å². The highest BCUT2D eigenvalue weighted by atomic mass is 19.1. The molecule has 1 rings (SSSR count). The van der Waals surface area contributed by atoms with Crippen LogP contribution in [0.25, 0.3) is 0 Å². The van der Waals surface area contributed by atoms with E-state index in [2.05, 4.69) is 20.8 Å². The molecule has 0 amide bonds. The second-order valence-corrected chi connectivity index (χ2v) is 4.47. The van der Waals surface area contributed by atoms with Gasteiger partial charge in [0, 0.05) is 12.6 Å². The second kappa shape index (κ2) is 4.52. The fourth-order valence-electron chi connectivity index (χ4n) is 1.47. The molecule has 0 heterocycles. The van der Waals surface area contributed by atoms with Crippen molar-refractivity contribution in [2.75, 3.05) is 11.9 Å². The number of hydrogen-bond donors (Lipinski definition) is 0. The van der Waals surface area contributed by atoms with Crippen molar-refractivity contribution in [3.05, 3.63) is 29.6 Å². The van der Waals surface area contributed by atoms with E-state index >= 15 is 0 Å². The Morgan fingerprint density at radius 3 is 2.56 bits per heavy atom. The molecule has 0 aliphatic carbocycles. The Labute approximate surface area is 96.3 Å². The van der Waals surface area contributed by atoms with Gasteiger partial charge < -0.3 is 4.90 Å². The normalized spacial score (nSPS) is 11.0. The van der Waals surface area contributed by atoms with Crippen LogP contribution in [-0.4, -0.2) is 12.6 Å². The van der Waals surface area contributed by atoms with Gasteiger partial charge in [-0.15, -0.1) is 0 Å². The average Bonchev–Trinajstić information content (AvgIpc) is 2.27. The van der Waals surface area contributed by atoms with Crippen LogP contribution in [0.1, 0.15) is 32.8 Å². The van der Waals surface area contributed by atoms with E-state index in [4.69, 9.17) is 5.26 Å². The first kappa shape index (κ1) is 12.5. The lowest BCUT2D eigenvalue weighted by Crippen LogP contribution is -2.41. The molecular weight excluding hydrogens is 203 g/mol. The van der Waals surface area contributed by atoms with Gasteiger partial charge in [-0.2, -0.15) is 5.26 Å². The van der Waals surface area contributed by atoms with E-state index in [-0.39, 0.29) is 11.1 Å². The van der Waals surface area contributed by atoms with Crippen LogP contribution in [0, 0.1) is 17.1 Å². The summed E-state index contributed by atoms with van der Waals surface area (Å²) < 4.78 is 13.5. The van der Waals surface area contributed by atoms with Crippen LogP contribution in [0.2, 0.25) is 0 Å². The Morgan fingerprint density at radius 1 is 1.44 bits per heavy atom. The highest BCUT2D eigenvalue weighted by Crippen LogP contribution is 2.28. The topological polar surface area (TPSA) is 27.0 Å². The molecule has 16 heavy (non-hydrogen) atoms. The van der Waals surface area contributed by atoms with Crippen molar-refractivity contribution in [2.24, 2.45) is 0 Å². The summed E-state index contributed by atoms with van der Waals surface area (Å²) in [5.41, 5.74) is 0.667. The van der Waals surface area contributed by atoms with Gasteiger partial charge in [-0.1, -0.05) is 13.0 Å². The minimum atomic E-state index is -0.459. The van der Waals surface area contributed by atoms with Gasteiger partial charge in [-0.05, 0) is 32.4 Å². The molecular formula is C13H17FN2. The maximum Gasteiger partial charge on any atom is 0.143 e. The van der Waals surface area contributed by atoms with Crippen LogP contribution in [0.3, 0.4) is 0 Å². The third-order valence-electron chi connectivity index (χ3n) is 3.24. The van der Waals surface area contributed by atoms with Crippen LogP contribution >= 0.6 is 0 Å². The number of nitrogens with zero attached hydrogens (tertiary/aromatic N) is 2. The number of benzene rings is 1. The molecule has 0 saturated carbocycles. The second-order valence-electron chi connectivity index (χ2n) is 4.47. The van der Waals surface area contributed by atoms with E-state index in [1.807, 2.05) is 18.0 Å². The Kier molecular flexibility index (Phi) is 3.54. The molecule has 0 fully saturated rings. The van der Waals surface area contributed by atoms with E-state index < -0.39 is 5.82 Å².